The SMILES string of the molecule is CCN(CC)c1ccc(C2C(=O)C(=C3C=CC(=[N+](CC)CC)C=C3NC(C)=O)C(=O)C2O)c(NC(C)=O)c1. The summed E-state index contributed by atoms with van der Waals surface area (Å²) in [6.45, 7) is 13.7. The first-order valence-corrected chi connectivity index (χ1v) is 13.0. The van der Waals surface area contributed by atoms with Crippen LogP contribution < -0.4 is 15.5 Å². The number of anilines is 2. The van der Waals surface area contributed by atoms with Crippen molar-refractivity contribution in [3.63, 3.8) is 0 Å². The molecule has 0 heterocycles. The summed E-state index contributed by atoms with van der Waals surface area (Å²) in [4.78, 5) is 53.2. The molecule has 1 aromatic rings. The first kappa shape index (κ1) is 28.7. The summed E-state index contributed by atoms with van der Waals surface area (Å²) < 4.78 is 2.08. The Morgan fingerprint density at radius 3 is 2.13 bits per heavy atom. The third-order valence-electron chi connectivity index (χ3n) is 6.88. The van der Waals surface area contributed by atoms with Gasteiger partial charge in [0.05, 0.1) is 17.2 Å². The average Bonchev–Trinajstić information content (AvgIpc) is 3.08. The number of nitrogens with one attached hydrogen (secondary N) is 2. The summed E-state index contributed by atoms with van der Waals surface area (Å²) in [5.41, 5.74) is 2.82. The highest BCUT2D eigenvalue weighted by molar-refractivity contribution is 6.31. The van der Waals surface area contributed by atoms with E-state index in [1.165, 1.54) is 13.8 Å². The monoisotopic (exact) mass is 521 g/mol. The molecular weight excluding hydrogens is 484 g/mol. The molecule has 0 radical (unpaired) electrons. The molecule has 3 N–H and O–H groups in total. The number of allylic oxidation sites excluding steroid dienone is 3. The van der Waals surface area contributed by atoms with Crippen molar-refractivity contribution in [2.24, 2.45) is 0 Å². The van der Waals surface area contributed by atoms with Crippen LogP contribution in [0, 0.1) is 0 Å². The van der Waals surface area contributed by atoms with Gasteiger partial charge in [-0.15, -0.1) is 0 Å². The van der Waals surface area contributed by atoms with Crippen molar-refractivity contribution in [1.29, 1.82) is 0 Å². The number of aliphatic hydroxyl groups is 1. The van der Waals surface area contributed by atoms with Crippen LogP contribution in [0.5, 0.6) is 0 Å². The molecule has 0 saturated heterocycles. The van der Waals surface area contributed by atoms with E-state index in [2.05, 4.69) is 20.1 Å². The quantitative estimate of drug-likeness (QED) is 0.275. The van der Waals surface area contributed by atoms with Gasteiger partial charge in [-0.3, -0.25) is 19.2 Å². The van der Waals surface area contributed by atoms with Gasteiger partial charge in [-0.05, 0) is 51.5 Å². The number of benzene rings is 1. The Hall–Kier alpha value is -3.85. The number of ketones is 2. The van der Waals surface area contributed by atoms with E-state index in [1.54, 1.807) is 30.4 Å². The number of carbonyl (C=O) groups excluding carboxylic acids is 4. The van der Waals surface area contributed by atoms with Crippen LogP contribution in [0.25, 0.3) is 0 Å². The molecule has 2 aliphatic carbocycles. The third kappa shape index (κ3) is 5.67. The maximum Gasteiger partial charge on any atom is 0.221 e. The lowest BCUT2D eigenvalue weighted by Crippen LogP contribution is -2.27. The Kier molecular flexibility index (Phi) is 9.17. The predicted octanol–water partition coefficient (Wildman–Crippen LogP) is 2.47. The lowest BCUT2D eigenvalue weighted by Gasteiger charge is -2.24. The fourth-order valence-corrected chi connectivity index (χ4v) is 5.02. The van der Waals surface area contributed by atoms with Crippen LogP contribution in [0.15, 0.2) is 53.3 Å². The van der Waals surface area contributed by atoms with Crippen LogP contribution in [-0.4, -0.2) is 71.1 Å². The van der Waals surface area contributed by atoms with Gasteiger partial charge < -0.3 is 20.6 Å². The smallest absolute Gasteiger partial charge is 0.221 e. The van der Waals surface area contributed by atoms with Crippen molar-refractivity contribution in [2.75, 3.05) is 36.4 Å². The van der Waals surface area contributed by atoms with Crippen LogP contribution in [0.1, 0.15) is 53.0 Å². The van der Waals surface area contributed by atoms with E-state index in [-0.39, 0.29) is 23.0 Å². The van der Waals surface area contributed by atoms with E-state index in [4.69, 9.17) is 0 Å². The molecule has 3 rings (SSSR count). The van der Waals surface area contributed by atoms with E-state index in [1.807, 2.05) is 33.8 Å². The molecular formula is C29H37N4O5+. The molecule has 0 bridgehead atoms. The summed E-state index contributed by atoms with van der Waals surface area (Å²) in [6.07, 6.45) is 3.54. The predicted molar refractivity (Wildman–Crippen MR) is 147 cm³/mol. The average molecular weight is 522 g/mol. The third-order valence-corrected chi connectivity index (χ3v) is 6.88. The second-order valence-electron chi connectivity index (χ2n) is 9.23. The Bertz CT molecular complexity index is 1280. The van der Waals surface area contributed by atoms with Crippen LogP contribution in [0.3, 0.4) is 0 Å². The van der Waals surface area contributed by atoms with Gasteiger partial charge in [-0.1, -0.05) is 6.07 Å². The highest BCUT2D eigenvalue weighted by Crippen LogP contribution is 2.40. The lowest BCUT2D eigenvalue weighted by molar-refractivity contribution is -0.519. The molecule has 2 unspecified atom stereocenters. The number of hydrogen-bond donors (Lipinski definition) is 3. The molecule has 0 aliphatic heterocycles. The Morgan fingerprint density at radius 1 is 0.947 bits per heavy atom. The maximum atomic E-state index is 13.8. The largest absolute Gasteiger partial charge is 0.384 e. The number of Topliss-reactive ketones (excluding diaryl/α,β-unsaturated/α-hetero) is 2. The van der Waals surface area contributed by atoms with E-state index >= 15 is 0 Å². The lowest BCUT2D eigenvalue weighted by atomic mass is 9.91. The molecule has 202 valence electrons. The maximum absolute atomic E-state index is 13.8. The van der Waals surface area contributed by atoms with E-state index in [0.717, 1.165) is 37.6 Å². The highest BCUT2D eigenvalue weighted by Gasteiger charge is 2.48. The number of amides is 2. The molecule has 2 aliphatic rings. The number of hydrogen-bond acceptors (Lipinski definition) is 6. The van der Waals surface area contributed by atoms with Crippen LogP contribution in [-0.2, 0) is 19.2 Å². The fourth-order valence-electron chi connectivity index (χ4n) is 5.02. The minimum atomic E-state index is -1.63. The van der Waals surface area contributed by atoms with Gasteiger partial charge >= 0.3 is 0 Å². The van der Waals surface area contributed by atoms with Gasteiger partial charge in [0, 0.05) is 56.0 Å². The van der Waals surface area contributed by atoms with Crippen LogP contribution >= 0.6 is 0 Å². The first-order chi connectivity index (χ1) is 18.1. The van der Waals surface area contributed by atoms with Gasteiger partial charge in [0.15, 0.2) is 11.6 Å². The molecule has 1 fully saturated rings. The molecule has 1 saturated carbocycles. The Labute approximate surface area is 223 Å². The summed E-state index contributed by atoms with van der Waals surface area (Å²) in [5.74, 6) is -3.16. The van der Waals surface area contributed by atoms with Crippen molar-refractivity contribution in [3.05, 3.63) is 58.8 Å². The zero-order chi connectivity index (χ0) is 28.1. The standard InChI is InChI=1S/C29H36N4O5/c1-7-32(8-2)19-11-13-21(23(15-19)30-17(5)34)25-27(36)26(29(38)28(25)37)22-14-12-20(33(9-3)10-4)16-24(22)31-18(6)35/h11-16,25,28,37H,7-10H2,1-6H3,(H,30,34)/p+1. The van der Waals surface area contributed by atoms with Crippen molar-refractivity contribution in [1.82, 2.24) is 5.32 Å². The fraction of sp³-hybridized carbons (Fsp3) is 0.414. The topological polar surface area (TPSA) is 119 Å². The van der Waals surface area contributed by atoms with Crippen LogP contribution in [0.2, 0.25) is 0 Å². The molecule has 2 atom stereocenters. The van der Waals surface area contributed by atoms with Crippen LogP contribution in [0.4, 0.5) is 11.4 Å². The molecule has 9 nitrogen and oxygen atoms in total. The Balaban J connectivity index is 2.16. The van der Waals surface area contributed by atoms with E-state index < -0.39 is 23.6 Å². The minimum Gasteiger partial charge on any atom is -0.384 e. The number of nitrogens with zero attached hydrogens (tertiary/aromatic N) is 2. The molecule has 0 aromatic heterocycles. The Morgan fingerprint density at radius 2 is 1.58 bits per heavy atom. The summed E-state index contributed by atoms with van der Waals surface area (Å²) in [5, 5.41) is 16.5. The molecule has 1 aromatic carbocycles. The molecule has 9 heteroatoms. The highest BCUT2D eigenvalue weighted by atomic mass is 16.3. The van der Waals surface area contributed by atoms with Crippen molar-refractivity contribution < 1.29 is 28.9 Å². The number of carbonyl (C=O) groups is 4. The summed E-state index contributed by atoms with van der Waals surface area (Å²) in [7, 11) is 0. The van der Waals surface area contributed by atoms with Gasteiger partial charge in [0.25, 0.3) is 0 Å². The van der Waals surface area contributed by atoms with Gasteiger partial charge in [-0.25, -0.2) is 4.58 Å². The van der Waals surface area contributed by atoms with Gasteiger partial charge in [0.1, 0.15) is 19.2 Å². The number of aliphatic hydroxyl groups excluding tert-OH is 1. The molecule has 0 spiro atoms. The normalized spacial score (nSPS) is 20.9. The zero-order valence-electron chi connectivity index (χ0n) is 22.9. The zero-order valence-corrected chi connectivity index (χ0v) is 22.9. The van der Waals surface area contributed by atoms with Gasteiger partial charge in [-0.2, -0.15) is 0 Å². The summed E-state index contributed by atoms with van der Waals surface area (Å²) >= 11 is 0. The second-order valence-corrected chi connectivity index (χ2v) is 9.23. The van der Waals surface area contributed by atoms with Gasteiger partial charge in [0.2, 0.25) is 17.5 Å². The molecule has 38 heavy (non-hydrogen) atoms. The van der Waals surface area contributed by atoms with E-state index in [9.17, 15) is 24.3 Å². The first-order valence-electron chi connectivity index (χ1n) is 13.0. The minimum absolute atomic E-state index is 0.168. The van der Waals surface area contributed by atoms with E-state index in [0.29, 0.717) is 16.9 Å². The summed E-state index contributed by atoms with van der Waals surface area (Å²) in [6, 6.07) is 5.25. The number of rotatable bonds is 8. The van der Waals surface area contributed by atoms with Crippen molar-refractivity contribution in [2.45, 2.75) is 53.6 Å². The second kappa shape index (κ2) is 12.1. The van der Waals surface area contributed by atoms with Crippen molar-refractivity contribution in [3.8, 4) is 0 Å². The van der Waals surface area contributed by atoms with Crippen molar-refractivity contribution >= 4 is 40.5 Å². The molecule has 2 amide bonds.